The van der Waals surface area contributed by atoms with E-state index in [0.717, 1.165) is 8.87 Å². The minimum Gasteiger partial charge on any atom is -0.495 e. The summed E-state index contributed by atoms with van der Waals surface area (Å²) in [6.07, 6.45) is 0. The van der Waals surface area contributed by atoms with E-state index < -0.39 is 27.2 Å². The lowest BCUT2D eigenvalue weighted by Crippen LogP contribution is -2.38. The highest BCUT2D eigenvalue weighted by Gasteiger charge is 2.24. The second-order valence-electron chi connectivity index (χ2n) is 7.12. The smallest absolute Gasteiger partial charge is 0.338 e. The van der Waals surface area contributed by atoms with Gasteiger partial charge in [-0.05, 0) is 36.4 Å². The first kappa shape index (κ1) is 23.8. The fourth-order valence-corrected chi connectivity index (χ4v) is 4.29. The number of carbonyl (C=O) groups excluding carboxylic acids is 1. The number of ether oxygens (including phenoxy) is 2. The SMILES string of the molecule is COc1ccccc1N(C)S(=O)(=O)c1ccc(C(=O)OCc2cc(=O)n(C)c(=O)n2C)cc1. The number of methoxy groups -OCH3 is 1. The Labute approximate surface area is 190 Å². The number of nitrogens with zero attached hydrogens (tertiary/aromatic N) is 3. The van der Waals surface area contributed by atoms with E-state index in [0.29, 0.717) is 11.4 Å². The van der Waals surface area contributed by atoms with Crippen molar-refractivity contribution < 1.29 is 22.7 Å². The standard InChI is InChI=1S/C22H23N3O7S/c1-23-16(13-20(26)24(2)22(23)28)14-32-21(27)15-9-11-17(12-10-15)33(29,30)25(3)18-7-5-6-8-19(18)31-4/h5-13H,14H2,1-4H3. The summed E-state index contributed by atoms with van der Waals surface area (Å²) in [6, 6.07) is 13.2. The molecule has 10 nitrogen and oxygen atoms in total. The van der Waals surface area contributed by atoms with Gasteiger partial charge < -0.3 is 9.47 Å². The van der Waals surface area contributed by atoms with Crippen molar-refractivity contribution in [3.8, 4) is 5.75 Å². The Hall–Kier alpha value is -3.86. The molecule has 33 heavy (non-hydrogen) atoms. The first-order chi connectivity index (χ1) is 15.6. The lowest BCUT2D eigenvalue weighted by atomic mass is 10.2. The van der Waals surface area contributed by atoms with Crippen LogP contribution in [0.4, 0.5) is 5.69 Å². The summed E-state index contributed by atoms with van der Waals surface area (Å²) in [6.45, 7) is -0.294. The van der Waals surface area contributed by atoms with Crippen LogP contribution < -0.4 is 20.3 Å². The van der Waals surface area contributed by atoms with E-state index in [4.69, 9.17) is 9.47 Å². The molecule has 11 heteroatoms. The predicted molar refractivity (Wildman–Crippen MR) is 121 cm³/mol. The molecule has 3 rings (SSSR count). The molecule has 0 aliphatic heterocycles. The van der Waals surface area contributed by atoms with Gasteiger partial charge in [-0.2, -0.15) is 0 Å². The molecular formula is C22H23N3O7S. The van der Waals surface area contributed by atoms with Crippen molar-refractivity contribution in [2.24, 2.45) is 14.1 Å². The largest absolute Gasteiger partial charge is 0.495 e. The van der Waals surface area contributed by atoms with E-state index >= 15 is 0 Å². The predicted octanol–water partition coefficient (Wildman–Crippen LogP) is 1.27. The fourth-order valence-electron chi connectivity index (χ4n) is 3.08. The average Bonchev–Trinajstić information content (AvgIpc) is 2.83. The maximum atomic E-state index is 13.0. The van der Waals surface area contributed by atoms with Crippen molar-refractivity contribution in [2.75, 3.05) is 18.5 Å². The highest BCUT2D eigenvalue weighted by Crippen LogP contribution is 2.30. The first-order valence-corrected chi connectivity index (χ1v) is 11.2. The fraction of sp³-hybridized carbons (Fsp3) is 0.227. The second-order valence-corrected chi connectivity index (χ2v) is 9.09. The number of carbonyl (C=O) groups is 1. The summed E-state index contributed by atoms with van der Waals surface area (Å²) in [5, 5.41) is 0. The number of hydrogen-bond donors (Lipinski definition) is 0. The number of rotatable bonds is 7. The van der Waals surface area contributed by atoms with Gasteiger partial charge in [0, 0.05) is 27.2 Å². The maximum absolute atomic E-state index is 13.0. The summed E-state index contributed by atoms with van der Waals surface area (Å²) in [5.74, 6) is -0.334. The molecule has 0 radical (unpaired) electrons. The van der Waals surface area contributed by atoms with E-state index in [1.54, 1.807) is 24.3 Å². The van der Waals surface area contributed by atoms with Crippen molar-refractivity contribution in [1.82, 2.24) is 9.13 Å². The van der Waals surface area contributed by atoms with Gasteiger partial charge in [0.25, 0.3) is 15.6 Å². The summed E-state index contributed by atoms with van der Waals surface area (Å²) < 4.78 is 39.7. The van der Waals surface area contributed by atoms with Crippen molar-refractivity contribution in [2.45, 2.75) is 11.5 Å². The molecule has 0 saturated carbocycles. The molecular weight excluding hydrogens is 450 g/mol. The van der Waals surface area contributed by atoms with Crippen molar-refractivity contribution in [1.29, 1.82) is 0 Å². The lowest BCUT2D eigenvalue weighted by molar-refractivity contribution is 0.0462. The normalized spacial score (nSPS) is 11.2. The van der Waals surface area contributed by atoms with Gasteiger partial charge in [0.2, 0.25) is 0 Å². The molecule has 0 fully saturated rings. The molecule has 0 aliphatic carbocycles. The van der Waals surface area contributed by atoms with Crippen LogP contribution in [-0.4, -0.2) is 37.7 Å². The molecule has 1 heterocycles. The average molecular weight is 474 g/mol. The summed E-state index contributed by atoms with van der Waals surface area (Å²) in [7, 11) is 1.75. The Morgan fingerprint density at radius 1 is 1.00 bits per heavy atom. The number of sulfonamides is 1. The highest BCUT2D eigenvalue weighted by molar-refractivity contribution is 7.92. The van der Waals surface area contributed by atoms with Gasteiger partial charge in [-0.3, -0.25) is 18.2 Å². The number of para-hydroxylation sites is 2. The summed E-state index contributed by atoms with van der Waals surface area (Å²) in [5.41, 5.74) is -0.347. The Balaban J connectivity index is 1.78. The molecule has 0 unspecified atom stereocenters. The van der Waals surface area contributed by atoms with E-state index in [2.05, 4.69) is 0 Å². The summed E-state index contributed by atoms with van der Waals surface area (Å²) >= 11 is 0. The zero-order valence-electron chi connectivity index (χ0n) is 18.5. The molecule has 0 spiro atoms. The molecule has 3 aromatic rings. The van der Waals surface area contributed by atoms with E-state index in [1.807, 2.05) is 0 Å². The first-order valence-electron chi connectivity index (χ1n) is 9.73. The van der Waals surface area contributed by atoms with Crippen LogP contribution in [0, 0.1) is 0 Å². The van der Waals surface area contributed by atoms with Crippen molar-refractivity contribution >= 4 is 21.7 Å². The van der Waals surface area contributed by atoms with Gasteiger partial charge in [-0.1, -0.05) is 12.1 Å². The number of anilines is 1. The van der Waals surface area contributed by atoms with Gasteiger partial charge in [-0.15, -0.1) is 0 Å². The Bertz CT molecular complexity index is 1410. The van der Waals surface area contributed by atoms with Crippen LogP contribution in [-0.2, 0) is 35.5 Å². The van der Waals surface area contributed by atoms with Gasteiger partial charge in [-0.25, -0.2) is 18.0 Å². The van der Waals surface area contributed by atoms with Crippen molar-refractivity contribution in [3.63, 3.8) is 0 Å². The topological polar surface area (TPSA) is 117 Å². The van der Waals surface area contributed by atoms with E-state index in [-0.39, 0.29) is 22.8 Å². The van der Waals surface area contributed by atoms with Gasteiger partial charge in [0.15, 0.2) is 0 Å². The highest BCUT2D eigenvalue weighted by atomic mass is 32.2. The third-order valence-electron chi connectivity index (χ3n) is 5.15. The van der Waals surface area contributed by atoms with Crippen LogP contribution in [0.15, 0.2) is 69.1 Å². The van der Waals surface area contributed by atoms with Crippen LogP contribution >= 0.6 is 0 Å². The Morgan fingerprint density at radius 3 is 2.27 bits per heavy atom. The molecule has 0 bridgehead atoms. The quantitative estimate of drug-likeness (QED) is 0.475. The minimum absolute atomic E-state index is 0.0265. The van der Waals surface area contributed by atoms with E-state index in [1.165, 1.54) is 63.2 Å². The Kier molecular flexibility index (Phi) is 6.73. The molecule has 0 saturated heterocycles. The Morgan fingerprint density at radius 2 is 1.64 bits per heavy atom. The van der Waals surface area contributed by atoms with Crippen LogP contribution in [0.1, 0.15) is 16.1 Å². The third-order valence-corrected chi connectivity index (χ3v) is 6.93. The van der Waals surface area contributed by atoms with Crippen LogP contribution in [0.2, 0.25) is 0 Å². The molecule has 1 aromatic heterocycles. The number of hydrogen-bond acceptors (Lipinski definition) is 7. The summed E-state index contributed by atoms with van der Waals surface area (Å²) in [4.78, 5) is 36.1. The van der Waals surface area contributed by atoms with Crippen LogP contribution in [0.5, 0.6) is 5.75 Å². The molecule has 0 aliphatic rings. The molecule has 0 N–H and O–H groups in total. The van der Waals surface area contributed by atoms with Gasteiger partial charge in [0.1, 0.15) is 12.4 Å². The molecule has 0 atom stereocenters. The zero-order chi connectivity index (χ0) is 24.3. The number of esters is 1. The maximum Gasteiger partial charge on any atom is 0.338 e. The lowest BCUT2D eigenvalue weighted by Gasteiger charge is -2.21. The van der Waals surface area contributed by atoms with E-state index in [9.17, 15) is 22.8 Å². The molecule has 2 aromatic carbocycles. The zero-order valence-corrected chi connectivity index (χ0v) is 19.3. The van der Waals surface area contributed by atoms with Gasteiger partial charge in [0.05, 0.1) is 29.0 Å². The van der Waals surface area contributed by atoms with Crippen LogP contribution in [0.25, 0.3) is 0 Å². The monoisotopic (exact) mass is 473 g/mol. The minimum atomic E-state index is -3.92. The van der Waals surface area contributed by atoms with Crippen LogP contribution in [0.3, 0.4) is 0 Å². The molecule has 174 valence electrons. The third kappa shape index (κ3) is 4.67. The molecule has 0 amide bonds. The number of aromatic nitrogens is 2. The second kappa shape index (κ2) is 9.33. The number of benzene rings is 2. The van der Waals surface area contributed by atoms with Crippen molar-refractivity contribution in [3.05, 3.63) is 86.7 Å². The van der Waals surface area contributed by atoms with Gasteiger partial charge >= 0.3 is 11.7 Å².